The van der Waals surface area contributed by atoms with E-state index in [2.05, 4.69) is 30.3 Å². The first kappa shape index (κ1) is 15.6. The Morgan fingerprint density at radius 2 is 1.60 bits per heavy atom. The van der Waals surface area contributed by atoms with E-state index in [0.29, 0.717) is 32.0 Å². The highest BCUT2D eigenvalue weighted by Gasteiger charge is 2.28. The molecule has 5 rings (SSSR count). The molecule has 0 aromatic heterocycles. The van der Waals surface area contributed by atoms with Gasteiger partial charge in [0.05, 0.1) is 39.1 Å². The summed E-state index contributed by atoms with van der Waals surface area (Å²) < 4.78 is 27.8. The maximum atomic E-state index is 6.03. The minimum absolute atomic E-state index is 0.255. The number of rotatable bonds is 9. The first-order valence-electron chi connectivity index (χ1n) is 8.95. The standard InChI is InChI=1S/C20H22O5/c1-2-13(7-21-8-15-10-23-15)17-4-5-20(25-12-16-11-24-16)19(18(17)3-1)6-14-9-22-14/h1-5,14-16H,6-12H2. The summed E-state index contributed by atoms with van der Waals surface area (Å²) in [7, 11) is 0. The lowest BCUT2D eigenvalue weighted by atomic mass is 9.96. The molecule has 2 aromatic carbocycles. The van der Waals surface area contributed by atoms with Crippen molar-refractivity contribution < 1.29 is 23.7 Å². The Hall–Kier alpha value is -1.66. The van der Waals surface area contributed by atoms with Crippen molar-refractivity contribution in [3.8, 4) is 5.75 Å². The fourth-order valence-corrected chi connectivity index (χ4v) is 3.16. The molecular formula is C20H22O5. The molecule has 3 heterocycles. The molecule has 5 heteroatoms. The van der Waals surface area contributed by atoms with Gasteiger partial charge in [0.25, 0.3) is 0 Å². The second-order valence-corrected chi connectivity index (χ2v) is 6.95. The summed E-state index contributed by atoms with van der Waals surface area (Å²) in [6.07, 6.45) is 1.75. The number of hydrogen-bond donors (Lipinski definition) is 0. The van der Waals surface area contributed by atoms with Gasteiger partial charge in [0.15, 0.2) is 0 Å². The summed E-state index contributed by atoms with van der Waals surface area (Å²) in [5, 5.41) is 2.46. The van der Waals surface area contributed by atoms with E-state index in [1.807, 2.05) is 0 Å². The zero-order chi connectivity index (χ0) is 16.6. The van der Waals surface area contributed by atoms with Crippen LogP contribution in [0, 0.1) is 0 Å². The predicted molar refractivity (Wildman–Crippen MR) is 92.0 cm³/mol. The number of epoxide rings is 3. The third-order valence-corrected chi connectivity index (χ3v) is 4.85. The summed E-state index contributed by atoms with van der Waals surface area (Å²) in [5.41, 5.74) is 2.43. The van der Waals surface area contributed by atoms with Crippen LogP contribution in [0.25, 0.3) is 10.8 Å². The van der Waals surface area contributed by atoms with Crippen LogP contribution in [0.15, 0.2) is 30.3 Å². The molecule has 3 fully saturated rings. The van der Waals surface area contributed by atoms with E-state index in [1.54, 1.807) is 0 Å². The summed E-state index contributed by atoms with van der Waals surface area (Å²) in [6, 6.07) is 10.6. The Kier molecular flexibility index (Phi) is 4.10. The highest BCUT2D eigenvalue weighted by molar-refractivity contribution is 5.90. The maximum absolute atomic E-state index is 6.03. The average molecular weight is 342 g/mol. The lowest BCUT2D eigenvalue weighted by molar-refractivity contribution is 0.105. The van der Waals surface area contributed by atoms with Crippen molar-refractivity contribution in [2.75, 3.05) is 33.0 Å². The second-order valence-electron chi connectivity index (χ2n) is 6.95. The van der Waals surface area contributed by atoms with Crippen LogP contribution in [0.5, 0.6) is 5.75 Å². The number of hydrogen-bond acceptors (Lipinski definition) is 5. The molecule has 3 aliphatic rings. The summed E-state index contributed by atoms with van der Waals surface area (Å²) in [5.74, 6) is 0.947. The molecule has 0 radical (unpaired) electrons. The molecule has 3 atom stereocenters. The Balaban J connectivity index is 1.43. The van der Waals surface area contributed by atoms with Crippen molar-refractivity contribution in [2.24, 2.45) is 0 Å². The molecule has 3 saturated heterocycles. The van der Waals surface area contributed by atoms with Gasteiger partial charge in [0.2, 0.25) is 0 Å². The molecule has 0 spiro atoms. The van der Waals surface area contributed by atoms with Gasteiger partial charge in [-0.05, 0) is 22.4 Å². The van der Waals surface area contributed by atoms with Gasteiger partial charge >= 0.3 is 0 Å². The lowest BCUT2D eigenvalue weighted by Crippen LogP contribution is -2.08. The van der Waals surface area contributed by atoms with Crippen molar-refractivity contribution in [3.63, 3.8) is 0 Å². The highest BCUT2D eigenvalue weighted by Crippen LogP contribution is 2.34. The van der Waals surface area contributed by atoms with Crippen LogP contribution in [0.2, 0.25) is 0 Å². The van der Waals surface area contributed by atoms with Crippen LogP contribution in [-0.4, -0.2) is 51.3 Å². The Morgan fingerprint density at radius 3 is 2.36 bits per heavy atom. The Morgan fingerprint density at radius 1 is 0.840 bits per heavy atom. The van der Waals surface area contributed by atoms with Crippen LogP contribution < -0.4 is 4.74 Å². The number of benzene rings is 2. The van der Waals surface area contributed by atoms with Gasteiger partial charge in [0.1, 0.15) is 24.6 Å². The fourth-order valence-electron chi connectivity index (χ4n) is 3.16. The van der Waals surface area contributed by atoms with Crippen molar-refractivity contribution in [3.05, 3.63) is 41.5 Å². The molecule has 3 unspecified atom stereocenters. The van der Waals surface area contributed by atoms with Crippen LogP contribution in [-0.2, 0) is 32.0 Å². The molecule has 25 heavy (non-hydrogen) atoms. The normalized spacial score (nSPS) is 26.6. The van der Waals surface area contributed by atoms with E-state index in [0.717, 1.165) is 32.0 Å². The van der Waals surface area contributed by atoms with Crippen molar-refractivity contribution >= 4 is 10.8 Å². The van der Waals surface area contributed by atoms with Crippen molar-refractivity contribution in [1.29, 1.82) is 0 Å². The highest BCUT2D eigenvalue weighted by atomic mass is 16.6. The van der Waals surface area contributed by atoms with E-state index in [4.69, 9.17) is 23.7 Å². The van der Waals surface area contributed by atoms with Crippen LogP contribution in [0.1, 0.15) is 11.1 Å². The molecule has 2 aromatic rings. The first-order valence-corrected chi connectivity index (χ1v) is 8.95. The molecule has 0 amide bonds. The fraction of sp³-hybridized carbons (Fsp3) is 0.500. The first-order chi connectivity index (χ1) is 12.4. The minimum Gasteiger partial charge on any atom is -0.490 e. The SMILES string of the molecule is c1cc(COCC2CO2)c2ccc(OCC3CO3)c(CC3CO3)c2c1. The van der Waals surface area contributed by atoms with E-state index < -0.39 is 0 Å². The third-order valence-electron chi connectivity index (χ3n) is 4.85. The maximum Gasteiger partial charge on any atom is 0.123 e. The predicted octanol–water partition coefficient (Wildman–Crippen LogP) is 2.47. The van der Waals surface area contributed by atoms with E-state index >= 15 is 0 Å². The third kappa shape index (κ3) is 3.80. The quantitative estimate of drug-likeness (QED) is 0.655. The van der Waals surface area contributed by atoms with Gasteiger partial charge in [-0.1, -0.05) is 24.3 Å². The van der Waals surface area contributed by atoms with Gasteiger partial charge in [-0.25, -0.2) is 0 Å². The second kappa shape index (κ2) is 6.57. The molecule has 0 aliphatic carbocycles. The lowest BCUT2D eigenvalue weighted by Gasteiger charge is -2.15. The molecule has 3 aliphatic heterocycles. The monoisotopic (exact) mass is 342 g/mol. The topological polar surface area (TPSA) is 56.0 Å². The van der Waals surface area contributed by atoms with Gasteiger partial charge in [-0.2, -0.15) is 0 Å². The summed E-state index contributed by atoms with van der Waals surface area (Å²) >= 11 is 0. The molecule has 5 nitrogen and oxygen atoms in total. The van der Waals surface area contributed by atoms with Crippen molar-refractivity contribution in [1.82, 2.24) is 0 Å². The Bertz CT molecular complexity index is 762. The van der Waals surface area contributed by atoms with E-state index in [1.165, 1.54) is 21.9 Å². The van der Waals surface area contributed by atoms with Crippen LogP contribution >= 0.6 is 0 Å². The molecule has 0 bridgehead atoms. The summed E-state index contributed by atoms with van der Waals surface area (Å²) in [4.78, 5) is 0. The van der Waals surface area contributed by atoms with Gasteiger partial charge in [-0.3, -0.25) is 0 Å². The van der Waals surface area contributed by atoms with Crippen LogP contribution in [0.4, 0.5) is 0 Å². The van der Waals surface area contributed by atoms with Gasteiger partial charge in [0, 0.05) is 12.0 Å². The zero-order valence-corrected chi connectivity index (χ0v) is 14.1. The van der Waals surface area contributed by atoms with Gasteiger partial charge < -0.3 is 23.7 Å². The summed E-state index contributed by atoms with van der Waals surface area (Å²) in [6.45, 7) is 4.36. The van der Waals surface area contributed by atoms with Crippen LogP contribution in [0.3, 0.4) is 0 Å². The molecule has 132 valence electrons. The smallest absolute Gasteiger partial charge is 0.123 e. The van der Waals surface area contributed by atoms with Crippen molar-refractivity contribution in [2.45, 2.75) is 31.3 Å². The van der Waals surface area contributed by atoms with E-state index in [-0.39, 0.29) is 6.10 Å². The van der Waals surface area contributed by atoms with Gasteiger partial charge in [-0.15, -0.1) is 0 Å². The number of fused-ring (bicyclic) bond motifs is 1. The zero-order valence-electron chi connectivity index (χ0n) is 14.1. The molecule has 0 saturated carbocycles. The minimum atomic E-state index is 0.255. The average Bonchev–Trinajstić information content (AvgIpc) is 3.44. The Labute approximate surface area is 146 Å². The molecular weight excluding hydrogens is 320 g/mol. The largest absolute Gasteiger partial charge is 0.490 e. The molecule has 0 N–H and O–H groups in total. The van der Waals surface area contributed by atoms with E-state index in [9.17, 15) is 0 Å². The number of ether oxygens (including phenoxy) is 5.